The highest BCUT2D eigenvalue weighted by Crippen LogP contribution is 2.24. The fourth-order valence-corrected chi connectivity index (χ4v) is 1.85. The van der Waals surface area contributed by atoms with E-state index in [-0.39, 0.29) is 17.4 Å². The van der Waals surface area contributed by atoms with Gasteiger partial charge in [0.25, 0.3) is 5.91 Å². The number of allylic oxidation sites excluding steroid dienone is 2. The largest absolute Gasteiger partial charge is 0.508 e. The van der Waals surface area contributed by atoms with Crippen molar-refractivity contribution in [3.05, 3.63) is 72.8 Å². The number of rotatable bonds is 4. The molecule has 0 aliphatic carbocycles. The van der Waals surface area contributed by atoms with Crippen molar-refractivity contribution in [2.45, 2.75) is 0 Å². The number of benzene rings is 2. The van der Waals surface area contributed by atoms with Gasteiger partial charge in [-0.15, -0.1) is 0 Å². The number of nitrogens with one attached hydrogen (secondary N) is 1. The Bertz CT molecular complexity index is 702. The van der Waals surface area contributed by atoms with Gasteiger partial charge in [0.15, 0.2) is 0 Å². The molecule has 3 N–H and O–H groups in total. The van der Waals surface area contributed by atoms with Crippen LogP contribution >= 0.6 is 0 Å². The third kappa shape index (κ3) is 3.30. The summed E-state index contributed by atoms with van der Waals surface area (Å²) in [5.41, 5.74) is 2.00. The maximum Gasteiger partial charge on any atom is 0.256 e. The van der Waals surface area contributed by atoms with Gasteiger partial charge in [0.1, 0.15) is 11.5 Å². The van der Waals surface area contributed by atoms with Crippen molar-refractivity contribution < 1.29 is 15.0 Å². The Morgan fingerprint density at radius 2 is 1.62 bits per heavy atom. The van der Waals surface area contributed by atoms with Gasteiger partial charge in [-0.3, -0.25) is 4.79 Å². The van der Waals surface area contributed by atoms with E-state index in [1.807, 2.05) is 0 Å². The molecule has 1 amide bonds. The predicted octanol–water partition coefficient (Wildman–Crippen LogP) is 3.55. The van der Waals surface area contributed by atoms with Crippen LogP contribution < -0.4 is 5.32 Å². The minimum atomic E-state index is -0.335. The molecule has 2 rings (SSSR count). The zero-order chi connectivity index (χ0) is 15.4. The lowest BCUT2D eigenvalue weighted by atomic mass is 9.99. The first-order valence-corrected chi connectivity index (χ1v) is 6.26. The molecule has 106 valence electrons. The molecule has 0 saturated heterocycles. The fourth-order valence-electron chi connectivity index (χ4n) is 1.85. The van der Waals surface area contributed by atoms with E-state index in [0.717, 1.165) is 0 Å². The Labute approximate surface area is 122 Å². The first-order valence-electron chi connectivity index (χ1n) is 6.26. The number of carbonyl (C=O) groups excluding carboxylic acids is 1. The topological polar surface area (TPSA) is 69.6 Å². The summed E-state index contributed by atoms with van der Waals surface area (Å²) in [6.07, 6.45) is 1.52. The molecular formula is C17H15NO3. The third-order valence-corrected chi connectivity index (χ3v) is 2.97. The average Bonchev–Trinajstić information content (AvgIpc) is 2.48. The zero-order valence-corrected chi connectivity index (χ0v) is 11.3. The smallest absolute Gasteiger partial charge is 0.256 e. The van der Waals surface area contributed by atoms with Crippen molar-refractivity contribution in [1.82, 2.24) is 0 Å². The van der Waals surface area contributed by atoms with Crippen molar-refractivity contribution in [1.29, 1.82) is 0 Å². The molecule has 0 atom stereocenters. The van der Waals surface area contributed by atoms with E-state index in [9.17, 15) is 15.0 Å². The van der Waals surface area contributed by atoms with E-state index in [1.54, 1.807) is 12.1 Å². The minimum absolute atomic E-state index is 0.0502. The Morgan fingerprint density at radius 1 is 1.00 bits per heavy atom. The SMILES string of the molecule is C=CC(=C)c1cc(O)ccc1C(=O)Nc1ccc(O)cc1. The number of amides is 1. The van der Waals surface area contributed by atoms with Crippen LogP contribution in [0.1, 0.15) is 15.9 Å². The molecule has 0 saturated carbocycles. The molecule has 0 fully saturated rings. The van der Waals surface area contributed by atoms with Gasteiger partial charge in [0.05, 0.1) is 0 Å². The van der Waals surface area contributed by atoms with Gasteiger partial charge in [0, 0.05) is 11.3 Å². The van der Waals surface area contributed by atoms with Crippen molar-refractivity contribution in [2.75, 3.05) is 5.32 Å². The standard InChI is InChI=1S/C17H15NO3/c1-3-11(2)16-10-14(20)8-9-15(16)17(21)18-12-4-6-13(19)7-5-12/h3-10,19-20H,1-2H2,(H,18,21). The van der Waals surface area contributed by atoms with Gasteiger partial charge in [-0.2, -0.15) is 0 Å². The van der Waals surface area contributed by atoms with Gasteiger partial charge in [-0.1, -0.05) is 19.2 Å². The second-order valence-electron chi connectivity index (χ2n) is 4.46. The lowest BCUT2D eigenvalue weighted by Crippen LogP contribution is -2.13. The van der Waals surface area contributed by atoms with Gasteiger partial charge in [-0.05, 0) is 53.6 Å². The van der Waals surface area contributed by atoms with E-state index >= 15 is 0 Å². The number of anilines is 1. The fraction of sp³-hybridized carbons (Fsp3) is 0. The molecule has 0 unspecified atom stereocenters. The lowest BCUT2D eigenvalue weighted by Gasteiger charge is -2.11. The van der Waals surface area contributed by atoms with E-state index in [1.165, 1.54) is 36.4 Å². The summed E-state index contributed by atoms with van der Waals surface area (Å²) in [6.45, 7) is 7.42. The van der Waals surface area contributed by atoms with Crippen LogP contribution in [0.2, 0.25) is 0 Å². The monoisotopic (exact) mass is 281 g/mol. The molecule has 0 aromatic heterocycles. The Hall–Kier alpha value is -3.01. The number of hydrogen-bond donors (Lipinski definition) is 3. The number of carbonyl (C=O) groups is 1. The van der Waals surface area contributed by atoms with Crippen molar-refractivity contribution >= 4 is 17.2 Å². The number of aromatic hydroxyl groups is 2. The molecule has 2 aromatic carbocycles. The number of hydrogen-bond acceptors (Lipinski definition) is 3. The number of phenolic OH excluding ortho intramolecular Hbond substituents is 2. The molecule has 0 heterocycles. The summed E-state index contributed by atoms with van der Waals surface area (Å²) in [6, 6.07) is 10.6. The molecule has 2 aromatic rings. The summed E-state index contributed by atoms with van der Waals surface area (Å²) in [5.74, 6) is -0.161. The Morgan fingerprint density at radius 3 is 2.24 bits per heavy atom. The molecule has 0 radical (unpaired) electrons. The van der Waals surface area contributed by atoms with Crippen molar-refractivity contribution in [3.63, 3.8) is 0 Å². The zero-order valence-electron chi connectivity index (χ0n) is 11.3. The highest BCUT2D eigenvalue weighted by molar-refractivity contribution is 6.08. The molecule has 4 heteroatoms. The van der Waals surface area contributed by atoms with Crippen LogP contribution in [0.15, 0.2) is 61.7 Å². The lowest BCUT2D eigenvalue weighted by molar-refractivity contribution is 0.102. The van der Waals surface area contributed by atoms with Crippen LogP contribution in [0.25, 0.3) is 5.57 Å². The molecule has 0 spiro atoms. The van der Waals surface area contributed by atoms with E-state index < -0.39 is 0 Å². The van der Waals surface area contributed by atoms with Crippen molar-refractivity contribution in [2.24, 2.45) is 0 Å². The Balaban J connectivity index is 2.32. The minimum Gasteiger partial charge on any atom is -0.508 e. The summed E-state index contributed by atoms with van der Waals surface area (Å²) < 4.78 is 0. The predicted molar refractivity (Wildman–Crippen MR) is 83.4 cm³/mol. The first kappa shape index (κ1) is 14.4. The quantitative estimate of drug-likeness (QED) is 0.593. The maximum atomic E-state index is 12.3. The molecule has 4 nitrogen and oxygen atoms in total. The second kappa shape index (κ2) is 5.96. The highest BCUT2D eigenvalue weighted by Gasteiger charge is 2.13. The maximum absolute atomic E-state index is 12.3. The van der Waals surface area contributed by atoms with E-state index in [4.69, 9.17) is 0 Å². The molecule has 0 aliphatic rings. The number of phenols is 2. The Kier molecular flexibility index (Phi) is 4.09. The first-order chi connectivity index (χ1) is 10.0. The normalized spacial score (nSPS) is 9.90. The van der Waals surface area contributed by atoms with E-state index in [2.05, 4.69) is 18.5 Å². The van der Waals surface area contributed by atoms with Gasteiger partial charge in [0.2, 0.25) is 0 Å². The van der Waals surface area contributed by atoms with Crippen LogP contribution in [-0.4, -0.2) is 16.1 Å². The van der Waals surface area contributed by atoms with E-state index in [0.29, 0.717) is 22.4 Å². The van der Waals surface area contributed by atoms with Gasteiger partial charge >= 0.3 is 0 Å². The molecule has 0 aliphatic heterocycles. The highest BCUT2D eigenvalue weighted by atomic mass is 16.3. The summed E-state index contributed by atoms with van der Waals surface area (Å²) in [7, 11) is 0. The molecular weight excluding hydrogens is 266 g/mol. The van der Waals surface area contributed by atoms with Crippen molar-refractivity contribution in [3.8, 4) is 11.5 Å². The van der Waals surface area contributed by atoms with Gasteiger partial charge < -0.3 is 15.5 Å². The molecule has 21 heavy (non-hydrogen) atoms. The third-order valence-electron chi connectivity index (χ3n) is 2.97. The van der Waals surface area contributed by atoms with Crippen LogP contribution in [0.3, 0.4) is 0 Å². The van der Waals surface area contributed by atoms with Gasteiger partial charge in [-0.25, -0.2) is 0 Å². The average molecular weight is 281 g/mol. The van der Waals surface area contributed by atoms with Crippen LogP contribution in [0, 0.1) is 0 Å². The summed E-state index contributed by atoms with van der Waals surface area (Å²) in [5, 5.41) is 21.5. The second-order valence-corrected chi connectivity index (χ2v) is 4.46. The summed E-state index contributed by atoms with van der Waals surface area (Å²) in [4.78, 5) is 12.3. The van der Waals surface area contributed by atoms with Crippen LogP contribution in [0.5, 0.6) is 11.5 Å². The summed E-state index contributed by atoms with van der Waals surface area (Å²) >= 11 is 0. The van der Waals surface area contributed by atoms with Crippen LogP contribution in [0.4, 0.5) is 5.69 Å². The van der Waals surface area contributed by atoms with Crippen LogP contribution in [-0.2, 0) is 0 Å². The molecule has 0 bridgehead atoms.